The summed E-state index contributed by atoms with van der Waals surface area (Å²) >= 11 is 1.92. The van der Waals surface area contributed by atoms with Crippen LogP contribution < -0.4 is 11.2 Å². The van der Waals surface area contributed by atoms with Gasteiger partial charge in [0.1, 0.15) is 0 Å². The molecule has 0 spiro atoms. The smallest absolute Gasteiger partial charge is 0.295 e. The van der Waals surface area contributed by atoms with E-state index < -0.39 is 0 Å². The highest BCUT2D eigenvalue weighted by Crippen LogP contribution is 2.14. The van der Waals surface area contributed by atoms with Gasteiger partial charge in [0, 0.05) is 6.20 Å². The molecule has 0 fully saturated rings. The van der Waals surface area contributed by atoms with Gasteiger partial charge in [0.05, 0.1) is 10.1 Å². The molecule has 1 N–H and O–H groups in total. The molecular weight excluding hydrogens is 343 g/mol. The summed E-state index contributed by atoms with van der Waals surface area (Å²) in [4.78, 5) is 25.3. The van der Waals surface area contributed by atoms with E-state index in [1.165, 1.54) is 4.57 Å². The Labute approximate surface area is 118 Å². The third-order valence-electron chi connectivity index (χ3n) is 2.94. The summed E-state index contributed by atoms with van der Waals surface area (Å²) in [7, 11) is 0. The van der Waals surface area contributed by atoms with E-state index in [1.807, 2.05) is 54.6 Å². The van der Waals surface area contributed by atoms with E-state index in [0.29, 0.717) is 10.1 Å². The Kier molecular flexibility index (Phi) is 3.70. The minimum atomic E-state index is -0.372. The van der Waals surface area contributed by atoms with Gasteiger partial charge in [-0.3, -0.25) is 14.3 Å². The average molecular weight is 356 g/mol. The molecule has 1 aromatic heterocycles. The Bertz CT molecular complexity index is 681. The van der Waals surface area contributed by atoms with Crippen LogP contribution in [0.25, 0.3) is 0 Å². The lowest BCUT2D eigenvalue weighted by molar-refractivity contribution is 0.709. The Morgan fingerprint density at radius 2 is 1.83 bits per heavy atom. The van der Waals surface area contributed by atoms with Gasteiger partial charge in [0.15, 0.2) is 0 Å². The van der Waals surface area contributed by atoms with Crippen molar-refractivity contribution in [3.05, 3.63) is 65.5 Å². The third kappa shape index (κ3) is 2.55. The second-order valence-corrected chi connectivity index (χ2v) is 5.40. The first-order valence-electron chi connectivity index (χ1n) is 5.53. The fourth-order valence-corrected chi connectivity index (χ4v) is 2.34. The van der Waals surface area contributed by atoms with Crippen molar-refractivity contribution in [2.75, 3.05) is 0 Å². The molecule has 5 heteroatoms. The first kappa shape index (κ1) is 13.1. The lowest BCUT2D eigenvalue weighted by atomic mass is 10.0. The van der Waals surface area contributed by atoms with E-state index in [-0.39, 0.29) is 11.2 Å². The molecule has 0 atom stereocenters. The molecule has 1 aromatic carbocycles. The minimum absolute atomic E-state index is 0.335. The van der Waals surface area contributed by atoms with Gasteiger partial charge in [0.25, 0.3) is 5.56 Å². The van der Waals surface area contributed by atoms with Crippen LogP contribution in [0.5, 0.6) is 0 Å². The molecule has 18 heavy (non-hydrogen) atoms. The number of aromatic nitrogens is 2. The molecule has 0 bridgehead atoms. The quantitative estimate of drug-likeness (QED) is 0.835. The highest BCUT2D eigenvalue weighted by molar-refractivity contribution is 14.1. The van der Waals surface area contributed by atoms with Crippen LogP contribution in [0.4, 0.5) is 0 Å². The zero-order chi connectivity index (χ0) is 13.3. The van der Waals surface area contributed by atoms with E-state index in [4.69, 9.17) is 0 Å². The summed E-state index contributed by atoms with van der Waals surface area (Å²) < 4.78 is 2.04. The maximum atomic E-state index is 11.7. The van der Waals surface area contributed by atoms with Gasteiger partial charge < -0.3 is 0 Å². The van der Waals surface area contributed by atoms with Crippen LogP contribution >= 0.6 is 22.6 Å². The normalized spacial score (nSPS) is 10.6. The van der Waals surface area contributed by atoms with E-state index >= 15 is 0 Å². The van der Waals surface area contributed by atoms with E-state index in [0.717, 1.165) is 16.7 Å². The molecule has 94 valence electrons. The molecule has 0 aliphatic heterocycles. The molecule has 0 radical (unpaired) electrons. The Morgan fingerprint density at radius 1 is 1.22 bits per heavy atom. The van der Waals surface area contributed by atoms with Crippen LogP contribution in [0.3, 0.4) is 0 Å². The molecule has 0 saturated carbocycles. The fraction of sp³-hybridized carbons (Fsp3) is 0.231. The number of nitrogens with one attached hydrogen (secondary N) is 1. The second-order valence-electron chi connectivity index (χ2n) is 4.23. The number of rotatable bonds is 2. The van der Waals surface area contributed by atoms with E-state index in [2.05, 4.69) is 4.98 Å². The monoisotopic (exact) mass is 356 g/mol. The van der Waals surface area contributed by atoms with Gasteiger partial charge in [0.2, 0.25) is 0 Å². The summed E-state index contributed by atoms with van der Waals surface area (Å²) in [6.45, 7) is 4.51. The number of aryl methyl sites for hydroxylation is 2. The predicted molar refractivity (Wildman–Crippen MR) is 79.1 cm³/mol. The van der Waals surface area contributed by atoms with Crippen molar-refractivity contribution in [3.63, 3.8) is 0 Å². The van der Waals surface area contributed by atoms with E-state index in [1.54, 1.807) is 6.20 Å². The van der Waals surface area contributed by atoms with Crippen LogP contribution in [0.15, 0.2) is 34.0 Å². The molecule has 0 aliphatic rings. The average Bonchev–Trinajstić information content (AvgIpc) is 2.30. The zero-order valence-corrected chi connectivity index (χ0v) is 12.3. The van der Waals surface area contributed by atoms with Crippen molar-refractivity contribution in [1.82, 2.24) is 9.55 Å². The second kappa shape index (κ2) is 5.09. The molecular formula is C13H13IN2O2. The van der Waals surface area contributed by atoms with Crippen molar-refractivity contribution in [3.8, 4) is 0 Å². The van der Waals surface area contributed by atoms with Crippen molar-refractivity contribution in [1.29, 1.82) is 0 Å². The molecule has 0 aliphatic carbocycles. The first-order valence-corrected chi connectivity index (χ1v) is 6.61. The summed E-state index contributed by atoms with van der Waals surface area (Å²) in [5.41, 5.74) is 2.69. The Morgan fingerprint density at radius 3 is 2.44 bits per heavy atom. The number of aromatic amines is 1. The summed E-state index contributed by atoms with van der Waals surface area (Å²) in [6, 6.07) is 6.03. The number of hydrogen-bond donors (Lipinski definition) is 1. The largest absolute Gasteiger partial charge is 0.328 e. The number of benzene rings is 1. The summed E-state index contributed by atoms with van der Waals surface area (Å²) in [6.07, 6.45) is 1.59. The lowest BCUT2D eigenvalue weighted by Crippen LogP contribution is -2.31. The highest BCUT2D eigenvalue weighted by Gasteiger charge is 2.06. The first-order chi connectivity index (χ1) is 8.49. The molecule has 4 nitrogen and oxygen atoms in total. The maximum Gasteiger partial charge on any atom is 0.328 e. The highest BCUT2D eigenvalue weighted by atomic mass is 127. The zero-order valence-electron chi connectivity index (χ0n) is 10.2. The van der Waals surface area contributed by atoms with Gasteiger partial charge in [-0.25, -0.2) is 4.79 Å². The topological polar surface area (TPSA) is 54.9 Å². The lowest BCUT2D eigenvalue weighted by Gasteiger charge is -2.11. The van der Waals surface area contributed by atoms with Crippen LogP contribution in [0.2, 0.25) is 0 Å². The van der Waals surface area contributed by atoms with Gasteiger partial charge in [-0.1, -0.05) is 18.2 Å². The van der Waals surface area contributed by atoms with Gasteiger partial charge in [-0.2, -0.15) is 0 Å². The Balaban J connectivity index is 2.50. The molecule has 2 aromatic rings. The van der Waals surface area contributed by atoms with Crippen molar-refractivity contribution >= 4 is 22.6 Å². The fourth-order valence-electron chi connectivity index (χ4n) is 1.87. The standard InChI is InChI=1S/C13H13IN2O2/c1-8-4-3-5-9(2)10(8)6-16-7-11(14)12(17)15-13(16)18/h3-5,7H,6H2,1-2H3,(H,15,17,18). The van der Waals surface area contributed by atoms with Gasteiger partial charge >= 0.3 is 5.69 Å². The van der Waals surface area contributed by atoms with Crippen LogP contribution in [-0.2, 0) is 6.54 Å². The SMILES string of the molecule is Cc1cccc(C)c1Cn1cc(I)c(=O)[nH]c1=O. The van der Waals surface area contributed by atoms with Gasteiger partial charge in [-0.15, -0.1) is 0 Å². The van der Waals surface area contributed by atoms with Crippen LogP contribution in [0, 0.1) is 17.4 Å². The number of H-pyrrole nitrogens is 1. The van der Waals surface area contributed by atoms with Crippen LogP contribution in [0.1, 0.15) is 16.7 Å². The summed E-state index contributed by atoms with van der Waals surface area (Å²) in [5.74, 6) is 0. The third-order valence-corrected chi connectivity index (χ3v) is 3.71. The van der Waals surface area contributed by atoms with Crippen molar-refractivity contribution in [2.45, 2.75) is 20.4 Å². The maximum absolute atomic E-state index is 11.7. The molecule has 1 heterocycles. The van der Waals surface area contributed by atoms with Crippen molar-refractivity contribution in [2.24, 2.45) is 0 Å². The molecule has 2 rings (SSSR count). The molecule has 0 unspecified atom stereocenters. The number of nitrogens with zero attached hydrogens (tertiary/aromatic N) is 1. The van der Waals surface area contributed by atoms with Gasteiger partial charge in [-0.05, 0) is 53.1 Å². The number of halogens is 1. The molecule has 0 amide bonds. The molecule has 0 saturated heterocycles. The van der Waals surface area contributed by atoms with Crippen LogP contribution in [-0.4, -0.2) is 9.55 Å². The predicted octanol–water partition coefficient (Wildman–Crippen LogP) is 1.81. The Hall–Kier alpha value is -1.37. The van der Waals surface area contributed by atoms with E-state index in [9.17, 15) is 9.59 Å². The summed E-state index contributed by atoms with van der Waals surface area (Å²) in [5, 5.41) is 0. The van der Waals surface area contributed by atoms with Crippen molar-refractivity contribution < 1.29 is 0 Å². The minimum Gasteiger partial charge on any atom is -0.295 e. The number of hydrogen-bond acceptors (Lipinski definition) is 2.